The van der Waals surface area contributed by atoms with Gasteiger partial charge in [0.05, 0.1) is 11.3 Å². The zero-order valence-corrected chi connectivity index (χ0v) is 18.1. The fourth-order valence-electron chi connectivity index (χ4n) is 4.14. The summed E-state index contributed by atoms with van der Waals surface area (Å²) in [5, 5.41) is 4.73. The van der Waals surface area contributed by atoms with Crippen LogP contribution in [0.15, 0.2) is 23.1 Å². The maximum Gasteiger partial charge on any atom is 0.230 e. The van der Waals surface area contributed by atoms with E-state index in [0.717, 1.165) is 61.0 Å². The van der Waals surface area contributed by atoms with Crippen LogP contribution in [0, 0.1) is 0 Å². The van der Waals surface area contributed by atoms with Crippen LogP contribution in [0.4, 0.5) is 0 Å². The van der Waals surface area contributed by atoms with Crippen molar-refractivity contribution in [1.82, 2.24) is 15.2 Å². The van der Waals surface area contributed by atoms with Crippen molar-refractivity contribution in [2.24, 2.45) is 0 Å². The number of aryl methyl sites for hydroxylation is 1. The van der Waals surface area contributed by atoms with Crippen molar-refractivity contribution in [2.75, 3.05) is 25.4 Å². The SMILES string of the molecule is O=C(CSc1c2c(nc3ccc(Cl)cc13)CCCC2)NCCCN1CCCC1=O. The van der Waals surface area contributed by atoms with E-state index in [4.69, 9.17) is 16.6 Å². The third kappa shape index (κ3) is 4.86. The molecule has 0 bridgehead atoms. The molecule has 1 saturated heterocycles. The van der Waals surface area contributed by atoms with E-state index in [1.54, 1.807) is 11.8 Å². The molecule has 1 aliphatic carbocycles. The molecule has 0 unspecified atom stereocenters. The molecule has 7 heteroatoms. The van der Waals surface area contributed by atoms with Crippen LogP contribution in [0.2, 0.25) is 5.02 Å². The molecular weight excluding hydrogens is 406 g/mol. The summed E-state index contributed by atoms with van der Waals surface area (Å²) in [5.41, 5.74) is 3.41. The van der Waals surface area contributed by atoms with Crippen molar-refractivity contribution >= 4 is 46.1 Å². The Labute approximate surface area is 180 Å². The van der Waals surface area contributed by atoms with Gasteiger partial charge in [-0.1, -0.05) is 11.6 Å². The summed E-state index contributed by atoms with van der Waals surface area (Å²) in [6.45, 7) is 2.18. The van der Waals surface area contributed by atoms with Crippen LogP contribution in [0.3, 0.4) is 0 Å². The summed E-state index contributed by atoms with van der Waals surface area (Å²) >= 11 is 7.83. The number of carbonyl (C=O) groups excluding carboxylic acids is 2. The minimum absolute atomic E-state index is 0.0271. The highest BCUT2D eigenvalue weighted by Crippen LogP contribution is 2.36. The van der Waals surface area contributed by atoms with E-state index >= 15 is 0 Å². The number of aromatic nitrogens is 1. The fourth-order valence-corrected chi connectivity index (χ4v) is 5.41. The molecule has 154 valence electrons. The van der Waals surface area contributed by atoms with Crippen LogP contribution in [0.5, 0.6) is 0 Å². The normalized spacial score (nSPS) is 16.3. The number of rotatable bonds is 7. The van der Waals surface area contributed by atoms with Gasteiger partial charge in [-0.25, -0.2) is 0 Å². The van der Waals surface area contributed by atoms with Crippen LogP contribution in [-0.2, 0) is 22.4 Å². The monoisotopic (exact) mass is 431 g/mol. The Balaban J connectivity index is 1.38. The highest BCUT2D eigenvalue weighted by atomic mass is 35.5. The Hall–Kier alpha value is -1.79. The predicted molar refractivity (Wildman–Crippen MR) is 118 cm³/mol. The first kappa shape index (κ1) is 20.5. The number of nitrogens with one attached hydrogen (secondary N) is 1. The van der Waals surface area contributed by atoms with Crippen LogP contribution < -0.4 is 5.32 Å². The Morgan fingerprint density at radius 2 is 2.07 bits per heavy atom. The number of benzene rings is 1. The highest BCUT2D eigenvalue weighted by molar-refractivity contribution is 8.00. The maximum absolute atomic E-state index is 12.4. The summed E-state index contributed by atoms with van der Waals surface area (Å²) in [7, 11) is 0. The minimum Gasteiger partial charge on any atom is -0.355 e. The van der Waals surface area contributed by atoms with Crippen molar-refractivity contribution in [3.05, 3.63) is 34.5 Å². The molecule has 0 saturated carbocycles. The lowest BCUT2D eigenvalue weighted by Gasteiger charge is -2.20. The van der Waals surface area contributed by atoms with Gasteiger partial charge in [-0.3, -0.25) is 14.6 Å². The second kappa shape index (κ2) is 9.35. The number of pyridine rings is 1. The number of amides is 2. The number of carbonyl (C=O) groups is 2. The fraction of sp³-hybridized carbons (Fsp3) is 0.500. The largest absolute Gasteiger partial charge is 0.355 e. The van der Waals surface area contributed by atoms with Gasteiger partial charge in [0.25, 0.3) is 0 Å². The van der Waals surface area contributed by atoms with Crippen LogP contribution in [0.25, 0.3) is 10.9 Å². The summed E-state index contributed by atoms with van der Waals surface area (Å²) in [5.74, 6) is 0.639. The third-order valence-electron chi connectivity index (χ3n) is 5.62. The zero-order chi connectivity index (χ0) is 20.2. The Morgan fingerprint density at radius 1 is 1.21 bits per heavy atom. The van der Waals surface area contributed by atoms with Crippen molar-refractivity contribution in [1.29, 1.82) is 0 Å². The van der Waals surface area contributed by atoms with E-state index < -0.39 is 0 Å². The van der Waals surface area contributed by atoms with Gasteiger partial charge in [0.15, 0.2) is 0 Å². The topological polar surface area (TPSA) is 62.3 Å². The van der Waals surface area contributed by atoms with Gasteiger partial charge in [-0.2, -0.15) is 0 Å². The average molecular weight is 432 g/mol. The molecule has 5 nitrogen and oxygen atoms in total. The molecule has 2 amide bonds. The van der Waals surface area contributed by atoms with E-state index in [1.165, 1.54) is 17.7 Å². The number of halogens is 1. The molecule has 2 heterocycles. The van der Waals surface area contributed by atoms with Gasteiger partial charge in [-0.15, -0.1) is 11.8 Å². The molecule has 1 fully saturated rings. The first-order valence-corrected chi connectivity index (χ1v) is 11.8. The Morgan fingerprint density at radius 3 is 2.90 bits per heavy atom. The van der Waals surface area contributed by atoms with E-state index in [9.17, 15) is 9.59 Å². The third-order valence-corrected chi connectivity index (χ3v) is 7.01. The molecule has 0 atom stereocenters. The van der Waals surface area contributed by atoms with E-state index in [2.05, 4.69) is 5.32 Å². The number of likely N-dealkylation sites (tertiary alicyclic amines) is 1. The van der Waals surface area contributed by atoms with Crippen molar-refractivity contribution in [3.63, 3.8) is 0 Å². The lowest BCUT2D eigenvalue weighted by Crippen LogP contribution is -2.31. The molecule has 0 spiro atoms. The summed E-state index contributed by atoms with van der Waals surface area (Å²) < 4.78 is 0. The van der Waals surface area contributed by atoms with Gasteiger partial charge >= 0.3 is 0 Å². The minimum atomic E-state index is 0.0271. The molecule has 4 rings (SSSR count). The number of nitrogens with zero attached hydrogens (tertiary/aromatic N) is 2. The first-order valence-electron chi connectivity index (χ1n) is 10.4. The van der Waals surface area contributed by atoms with Gasteiger partial charge in [0.2, 0.25) is 11.8 Å². The number of thioether (sulfide) groups is 1. The summed E-state index contributed by atoms with van der Waals surface area (Å²) in [6.07, 6.45) is 6.76. The quantitative estimate of drug-likeness (QED) is 0.532. The van der Waals surface area contributed by atoms with Crippen molar-refractivity contribution in [3.8, 4) is 0 Å². The highest BCUT2D eigenvalue weighted by Gasteiger charge is 2.20. The molecule has 1 aromatic carbocycles. The second-order valence-corrected chi connectivity index (χ2v) is 9.13. The molecule has 2 aromatic rings. The van der Waals surface area contributed by atoms with Crippen molar-refractivity contribution < 1.29 is 9.59 Å². The van der Waals surface area contributed by atoms with Gasteiger partial charge in [-0.05, 0) is 62.3 Å². The maximum atomic E-state index is 12.4. The molecular formula is C22H26ClN3O2S. The number of fused-ring (bicyclic) bond motifs is 2. The van der Waals surface area contributed by atoms with Crippen molar-refractivity contribution in [2.45, 2.75) is 49.8 Å². The van der Waals surface area contributed by atoms with E-state index in [0.29, 0.717) is 23.7 Å². The van der Waals surface area contributed by atoms with E-state index in [1.807, 2.05) is 23.1 Å². The van der Waals surface area contributed by atoms with Gasteiger partial charge < -0.3 is 10.2 Å². The lowest BCUT2D eigenvalue weighted by atomic mass is 9.94. The predicted octanol–water partition coefficient (Wildman–Crippen LogP) is 3.99. The first-order chi connectivity index (χ1) is 14.1. The zero-order valence-electron chi connectivity index (χ0n) is 16.5. The number of hydrogen-bond donors (Lipinski definition) is 1. The summed E-state index contributed by atoms with van der Waals surface area (Å²) in [4.78, 5) is 31.9. The molecule has 2 aliphatic rings. The smallest absolute Gasteiger partial charge is 0.230 e. The van der Waals surface area contributed by atoms with Crippen LogP contribution in [-0.4, -0.2) is 47.1 Å². The van der Waals surface area contributed by atoms with E-state index in [-0.39, 0.29) is 11.8 Å². The average Bonchev–Trinajstić information content (AvgIpc) is 3.13. The standard InChI is InChI=1S/C22H26ClN3O2S/c23-15-8-9-19-17(13-15)22(16-5-1-2-6-18(16)25-19)29-14-20(27)24-10-4-12-26-11-3-7-21(26)28/h8-9,13H,1-7,10-12,14H2,(H,24,27). The Kier molecular flexibility index (Phi) is 6.60. The van der Waals surface area contributed by atoms with Gasteiger partial charge in [0, 0.05) is 47.1 Å². The number of hydrogen-bond acceptors (Lipinski definition) is 4. The Bertz CT molecular complexity index is 934. The summed E-state index contributed by atoms with van der Waals surface area (Å²) in [6, 6.07) is 5.81. The lowest BCUT2D eigenvalue weighted by molar-refractivity contribution is -0.127. The van der Waals surface area contributed by atoms with Gasteiger partial charge in [0.1, 0.15) is 0 Å². The molecule has 29 heavy (non-hydrogen) atoms. The molecule has 1 aromatic heterocycles. The second-order valence-electron chi connectivity index (χ2n) is 7.71. The van der Waals surface area contributed by atoms with Crippen LogP contribution >= 0.6 is 23.4 Å². The molecule has 1 aliphatic heterocycles. The molecule has 0 radical (unpaired) electrons. The molecule has 1 N–H and O–H groups in total. The van der Waals surface area contributed by atoms with Crippen LogP contribution in [0.1, 0.15) is 43.4 Å².